The summed E-state index contributed by atoms with van der Waals surface area (Å²) >= 11 is 3.99. The molecule has 1 fully saturated rings. The van der Waals surface area contributed by atoms with Crippen molar-refractivity contribution in [3.8, 4) is 0 Å². The normalized spacial score (nSPS) is 16.8. The van der Waals surface area contributed by atoms with Crippen LogP contribution in [0.1, 0.15) is 28.3 Å². The molecule has 21 heavy (non-hydrogen) atoms. The zero-order valence-corrected chi connectivity index (χ0v) is 13.4. The zero-order chi connectivity index (χ0) is 14.5. The van der Waals surface area contributed by atoms with Crippen LogP contribution in [0.3, 0.4) is 0 Å². The predicted octanol–water partition coefficient (Wildman–Crippen LogP) is 4.85. The van der Waals surface area contributed by atoms with Crippen LogP contribution >= 0.6 is 23.5 Å². The average Bonchev–Trinajstić information content (AvgIpc) is 3.08. The minimum Gasteiger partial charge on any atom is -0.294 e. The highest BCUT2D eigenvalue weighted by Crippen LogP contribution is 2.43. The first-order valence-electron chi connectivity index (χ1n) is 7.21. The van der Waals surface area contributed by atoms with Crippen molar-refractivity contribution in [2.24, 2.45) is 0 Å². The van der Waals surface area contributed by atoms with E-state index in [4.69, 9.17) is 0 Å². The molecule has 3 rings (SSSR count). The van der Waals surface area contributed by atoms with Crippen molar-refractivity contribution < 1.29 is 4.79 Å². The van der Waals surface area contributed by atoms with E-state index in [0.29, 0.717) is 16.9 Å². The third-order valence-corrected chi connectivity index (χ3v) is 6.97. The molecular weight excluding hydrogens is 296 g/mol. The van der Waals surface area contributed by atoms with Gasteiger partial charge in [-0.05, 0) is 5.56 Å². The molecule has 3 heteroatoms. The van der Waals surface area contributed by atoms with Crippen molar-refractivity contribution >= 4 is 29.3 Å². The molecule has 0 radical (unpaired) electrons. The van der Waals surface area contributed by atoms with Gasteiger partial charge in [0.2, 0.25) is 0 Å². The van der Waals surface area contributed by atoms with Gasteiger partial charge in [-0.15, -0.1) is 23.5 Å². The summed E-state index contributed by atoms with van der Waals surface area (Å²) in [4.78, 5) is 12.6. The molecular formula is C18H18OS2. The second kappa shape index (κ2) is 7.19. The Balaban J connectivity index is 1.81. The van der Waals surface area contributed by atoms with E-state index in [1.165, 1.54) is 17.1 Å². The molecule has 0 spiro atoms. The van der Waals surface area contributed by atoms with E-state index >= 15 is 0 Å². The number of carbonyl (C=O) groups excluding carboxylic acids is 1. The van der Waals surface area contributed by atoms with Crippen LogP contribution in [-0.4, -0.2) is 21.9 Å². The molecule has 0 unspecified atom stereocenters. The minimum atomic E-state index is 0.248. The maximum atomic E-state index is 12.6. The van der Waals surface area contributed by atoms with Crippen molar-refractivity contribution in [2.75, 3.05) is 11.5 Å². The summed E-state index contributed by atoms with van der Waals surface area (Å²) in [6.07, 6.45) is 0.596. The summed E-state index contributed by atoms with van der Waals surface area (Å²) in [5.74, 6) is 2.94. The SMILES string of the molecule is O=C(C[C@H](c1ccccc1)C1SCCS1)c1ccccc1. The summed E-state index contributed by atoms with van der Waals surface area (Å²) in [6, 6.07) is 20.1. The highest BCUT2D eigenvalue weighted by Gasteiger charge is 2.29. The number of ketones is 1. The van der Waals surface area contributed by atoms with E-state index in [1.807, 2.05) is 59.9 Å². The number of Topliss-reactive ketones (excluding diaryl/α,β-unsaturated/α-hetero) is 1. The van der Waals surface area contributed by atoms with E-state index in [-0.39, 0.29) is 5.78 Å². The van der Waals surface area contributed by atoms with Crippen molar-refractivity contribution in [2.45, 2.75) is 16.9 Å². The standard InChI is InChI=1S/C18H18OS2/c19-17(15-9-5-2-6-10-15)13-16(18-20-11-12-21-18)14-7-3-1-4-8-14/h1-10,16,18H,11-13H2/t16-/m1/s1. The van der Waals surface area contributed by atoms with Gasteiger partial charge in [-0.25, -0.2) is 0 Å². The molecule has 1 aliphatic heterocycles. The number of thioether (sulfide) groups is 2. The highest BCUT2D eigenvalue weighted by molar-refractivity contribution is 8.20. The van der Waals surface area contributed by atoms with Crippen LogP contribution in [0.25, 0.3) is 0 Å². The lowest BCUT2D eigenvalue weighted by Gasteiger charge is -2.22. The Morgan fingerprint density at radius 3 is 2.14 bits per heavy atom. The van der Waals surface area contributed by atoms with Crippen LogP contribution in [0, 0.1) is 0 Å². The molecule has 0 bridgehead atoms. The van der Waals surface area contributed by atoms with E-state index in [2.05, 4.69) is 24.3 Å². The Morgan fingerprint density at radius 1 is 0.952 bits per heavy atom. The van der Waals surface area contributed by atoms with Crippen LogP contribution < -0.4 is 0 Å². The van der Waals surface area contributed by atoms with Crippen LogP contribution in [0.15, 0.2) is 60.7 Å². The molecule has 1 aliphatic rings. The van der Waals surface area contributed by atoms with Gasteiger partial charge in [-0.3, -0.25) is 4.79 Å². The molecule has 1 heterocycles. The first-order valence-corrected chi connectivity index (χ1v) is 9.31. The molecule has 1 nitrogen and oxygen atoms in total. The topological polar surface area (TPSA) is 17.1 Å². The van der Waals surface area contributed by atoms with Gasteiger partial charge in [-0.1, -0.05) is 60.7 Å². The predicted molar refractivity (Wildman–Crippen MR) is 93.3 cm³/mol. The lowest BCUT2D eigenvalue weighted by molar-refractivity contribution is 0.0975. The Hall–Kier alpha value is -1.19. The molecule has 1 saturated heterocycles. The number of carbonyl (C=O) groups is 1. The monoisotopic (exact) mass is 314 g/mol. The largest absolute Gasteiger partial charge is 0.294 e. The second-order valence-electron chi connectivity index (χ2n) is 5.12. The average molecular weight is 314 g/mol. The van der Waals surface area contributed by atoms with Crippen molar-refractivity contribution in [3.05, 3.63) is 71.8 Å². The molecule has 0 N–H and O–H groups in total. The van der Waals surface area contributed by atoms with Gasteiger partial charge in [0.15, 0.2) is 5.78 Å². The van der Waals surface area contributed by atoms with Crippen LogP contribution in [0.2, 0.25) is 0 Å². The third kappa shape index (κ3) is 3.72. The van der Waals surface area contributed by atoms with Gasteiger partial charge in [0, 0.05) is 29.4 Å². The van der Waals surface area contributed by atoms with E-state index in [1.54, 1.807) is 0 Å². The first-order chi connectivity index (χ1) is 10.3. The maximum Gasteiger partial charge on any atom is 0.163 e. The Labute approximate surface area is 134 Å². The molecule has 0 saturated carbocycles. The minimum absolute atomic E-state index is 0.248. The third-order valence-electron chi connectivity index (χ3n) is 3.70. The fraction of sp³-hybridized carbons (Fsp3) is 0.278. The molecule has 0 aliphatic carbocycles. The second-order valence-corrected chi connectivity index (χ2v) is 7.92. The van der Waals surface area contributed by atoms with Crippen molar-refractivity contribution in [3.63, 3.8) is 0 Å². The van der Waals surface area contributed by atoms with Gasteiger partial charge in [-0.2, -0.15) is 0 Å². The lowest BCUT2D eigenvalue weighted by Crippen LogP contribution is -2.15. The number of benzene rings is 2. The number of hydrogen-bond donors (Lipinski definition) is 0. The molecule has 2 aromatic carbocycles. The fourth-order valence-corrected chi connectivity index (χ4v) is 5.79. The van der Waals surface area contributed by atoms with Gasteiger partial charge in [0.25, 0.3) is 0 Å². The Morgan fingerprint density at radius 2 is 1.52 bits per heavy atom. The van der Waals surface area contributed by atoms with Gasteiger partial charge >= 0.3 is 0 Å². The molecule has 0 aromatic heterocycles. The summed E-state index contributed by atoms with van der Waals surface area (Å²) in [7, 11) is 0. The van der Waals surface area contributed by atoms with Gasteiger partial charge in [0.05, 0.1) is 4.58 Å². The Bertz CT molecular complexity index is 577. The van der Waals surface area contributed by atoms with Crippen LogP contribution in [0.5, 0.6) is 0 Å². The molecule has 2 aromatic rings. The van der Waals surface area contributed by atoms with E-state index in [9.17, 15) is 4.79 Å². The Kier molecular flexibility index (Phi) is 5.04. The van der Waals surface area contributed by atoms with Crippen LogP contribution in [-0.2, 0) is 0 Å². The maximum absolute atomic E-state index is 12.6. The fourth-order valence-electron chi connectivity index (χ4n) is 2.62. The molecule has 0 amide bonds. The molecule has 108 valence electrons. The van der Waals surface area contributed by atoms with E-state index in [0.717, 1.165) is 5.56 Å². The van der Waals surface area contributed by atoms with Gasteiger partial charge < -0.3 is 0 Å². The first kappa shape index (κ1) is 14.7. The van der Waals surface area contributed by atoms with Crippen molar-refractivity contribution in [1.82, 2.24) is 0 Å². The van der Waals surface area contributed by atoms with E-state index < -0.39 is 0 Å². The number of hydrogen-bond acceptors (Lipinski definition) is 3. The summed E-state index contributed by atoms with van der Waals surface area (Å²) in [5.41, 5.74) is 2.11. The van der Waals surface area contributed by atoms with Crippen LogP contribution in [0.4, 0.5) is 0 Å². The zero-order valence-electron chi connectivity index (χ0n) is 11.8. The van der Waals surface area contributed by atoms with Gasteiger partial charge in [0.1, 0.15) is 0 Å². The lowest BCUT2D eigenvalue weighted by atomic mass is 9.93. The summed E-state index contributed by atoms with van der Waals surface area (Å²) in [5, 5.41) is 0. The summed E-state index contributed by atoms with van der Waals surface area (Å²) < 4.78 is 0.500. The number of rotatable bonds is 5. The summed E-state index contributed by atoms with van der Waals surface area (Å²) in [6.45, 7) is 0. The van der Waals surface area contributed by atoms with Crippen molar-refractivity contribution in [1.29, 1.82) is 0 Å². The smallest absolute Gasteiger partial charge is 0.163 e. The highest BCUT2D eigenvalue weighted by atomic mass is 32.2. The molecule has 1 atom stereocenters. The quantitative estimate of drug-likeness (QED) is 0.734.